The van der Waals surface area contributed by atoms with Gasteiger partial charge in [0.05, 0.1) is 55.5 Å². The minimum atomic E-state index is -0.117. The number of hydrogen-bond donors (Lipinski definition) is 0. The Hall–Kier alpha value is -15.4. The van der Waals surface area contributed by atoms with Crippen LogP contribution in [0.3, 0.4) is 0 Å². The summed E-state index contributed by atoms with van der Waals surface area (Å²) in [6.45, 7) is 13.8. The quantitative estimate of drug-likeness (QED) is 0.112. The standard InChI is InChI=1S/C108H78N12/c1-107(2,3)75-45-53-94-88(59-75)89-60-76(108(4,5)6)46-54-95(89)119(94)100-64-87(74-36-26-56-110-66-74)86(63-90(100)106-115-103(69-31-15-9-16-32-69)112-104(116-106)70-33-17-10-18-34-70)72-44-49-82-81-39-21-24-42-93(81)118(96(82)58-72)78-48-52-84-83-51-47-77(117-91-40-22-19-37-79(91)80-38-20-23-41-92(80)117)61-98(83)120(99(84)62-78)97-57-71(73-35-25-55-109-65-73)43-50-85(97)105-113-101(67-27-11-7-12-28-67)111-102(114-105)68-29-13-8-14-30-68/h7-66H,1-6H3. The minimum absolute atomic E-state index is 0.117. The molecule has 0 fully saturated rings. The number of fused-ring (bicyclic) bond motifs is 12. The van der Waals surface area contributed by atoms with Crippen LogP contribution in [-0.2, 0) is 10.8 Å². The van der Waals surface area contributed by atoms with Gasteiger partial charge >= 0.3 is 0 Å². The van der Waals surface area contributed by atoms with Gasteiger partial charge in [0.25, 0.3) is 0 Å². The van der Waals surface area contributed by atoms with Crippen LogP contribution in [0.25, 0.3) is 212 Å². The van der Waals surface area contributed by atoms with Gasteiger partial charge in [0, 0.05) is 124 Å². The van der Waals surface area contributed by atoms with E-state index in [-0.39, 0.29) is 10.8 Å². The van der Waals surface area contributed by atoms with E-state index in [9.17, 15) is 0 Å². The average molecular weight is 1540 g/mol. The highest BCUT2D eigenvalue weighted by Gasteiger charge is 2.29. The molecule has 22 aromatic rings. The summed E-state index contributed by atoms with van der Waals surface area (Å²) in [5.41, 5.74) is 25.5. The molecule has 12 heteroatoms. The molecule has 0 saturated carbocycles. The first-order valence-electron chi connectivity index (χ1n) is 40.8. The van der Waals surface area contributed by atoms with Crippen LogP contribution >= 0.6 is 0 Å². The van der Waals surface area contributed by atoms with Crippen molar-refractivity contribution in [3.63, 3.8) is 0 Å². The molecule has 0 unspecified atom stereocenters. The lowest BCUT2D eigenvalue weighted by Gasteiger charge is -2.21. The first-order chi connectivity index (χ1) is 58.8. The minimum Gasteiger partial charge on any atom is -0.309 e. The summed E-state index contributed by atoms with van der Waals surface area (Å²) in [6, 6.07) is 122. The molecular weight excluding hydrogens is 1470 g/mol. The van der Waals surface area contributed by atoms with Crippen molar-refractivity contribution in [2.75, 3.05) is 0 Å². The largest absolute Gasteiger partial charge is 0.309 e. The van der Waals surface area contributed by atoms with E-state index < -0.39 is 0 Å². The van der Waals surface area contributed by atoms with Crippen molar-refractivity contribution < 1.29 is 0 Å². The molecule has 120 heavy (non-hydrogen) atoms. The van der Waals surface area contributed by atoms with Crippen molar-refractivity contribution in [2.24, 2.45) is 0 Å². The fourth-order valence-corrected chi connectivity index (χ4v) is 17.8. The van der Waals surface area contributed by atoms with Crippen LogP contribution in [0.5, 0.6) is 0 Å². The van der Waals surface area contributed by atoms with Crippen molar-refractivity contribution in [3.05, 3.63) is 376 Å². The number of benzene rings is 14. The first-order valence-corrected chi connectivity index (χ1v) is 40.8. The van der Waals surface area contributed by atoms with E-state index in [2.05, 4.69) is 320 Å². The fraction of sp³-hybridized carbons (Fsp3) is 0.0741. The van der Waals surface area contributed by atoms with Crippen LogP contribution in [0.4, 0.5) is 0 Å². The van der Waals surface area contributed by atoms with Gasteiger partial charge in [-0.1, -0.05) is 272 Å². The summed E-state index contributed by atoms with van der Waals surface area (Å²) in [4.78, 5) is 42.3. The summed E-state index contributed by atoms with van der Waals surface area (Å²) < 4.78 is 9.76. The normalized spacial score (nSPS) is 12.1. The predicted octanol–water partition coefficient (Wildman–Crippen LogP) is 26.8. The van der Waals surface area contributed by atoms with Gasteiger partial charge in [0.15, 0.2) is 34.9 Å². The summed E-state index contributed by atoms with van der Waals surface area (Å²) >= 11 is 0. The van der Waals surface area contributed by atoms with Gasteiger partial charge in [-0.3, -0.25) is 9.97 Å². The molecule has 0 N–H and O–H groups in total. The van der Waals surface area contributed by atoms with Crippen molar-refractivity contribution in [1.29, 1.82) is 0 Å². The van der Waals surface area contributed by atoms with Crippen LogP contribution in [0.2, 0.25) is 0 Å². The monoisotopic (exact) mass is 1540 g/mol. The first kappa shape index (κ1) is 71.2. The van der Waals surface area contributed by atoms with Gasteiger partial charge in [-0.15, -0.1) is 0 Å². The van der Waals surface area contributed by atoms with E-state index in [1.54, 1.807) is 0 Å². The molecule has 570 valence electrons. The molecule has 0 radical (unpaired) electrons. The van der Waals surface area contributed by atoms with Crippen molar-refractivity contribution in [2.45, 2.75) is 52.4 Å². The topological polar surface area (TPSA) is 123 Å². The number of hydrogen-bond acceptors (Lipinski definition) is 8. The van der Waals surface area contributed by atoms with Crippen LogP contribution in [0, 0.1) is 0 Å². The van der Waals surface area contributed by atoms with Crippen LogP contribution in [0.15, 0.2) is 365 Å². The number of pyridine rings is 2. The highest BCUT2D eigenvalue weighted by molar-refractivity contribution is 6.16. The van der Waals surface area contributed by atoms with E-state index in [0.29, 0.717) is 34.9 Å². The van der Waals surface area contributed by atoms with Gasteiger partial charge in [-0.25, -0.2) is 29.9 Å². The smallest absolute Gasteiger partial charge is 0.166 e. The lowest BCUT2D eigenvalue weighted by Crippen LogP contribution is -2.10. The molecule has 0 atom stereocenters. The second kappa shape index (κ2) is 28.2. The zero-order chi connectivity index (χ0) is 80.5. The molecule has 8 aromatic heterocycles. The summed E-state index contributed by atoms with van der Waals surface area (Å²) in [7, 11) is 0. The van der Waals surface area contributed by atoms with Crippen molar-refractivity contribution in [1.82, 2.24) is 58.1 Å². The highest BCUT2D eigenvalue weighted by Crippen LogP contribution is 2.48. The Kier molecular flexibility index (Phi) is 16.7. The van der Waals surface area contributed by atoms with Crippen LogP contribution in [-0.4, -0.2) is 58.1 Å². The fourth-order valence-electron chi connectivity index (χ4n) is 17.8. The maximum Gasteiger partial charge on any atom is 0.166 e. The predicted molar refractivity (Wildman–Crippen MR) is 492 cm³/mol. The lowest BCUT2D eigenvalue weighted by molar-refractivity contribution is 0.590. The van der Waals surface area contributed by atoms with Crippen LogP contribution in [0.1, 0.15) is 52.7 Å². The molecule has 0 aliphatic carbocycles. The molecule has 14 aromatic carbocycles. The maximum absolute atomic E-state index is 5.61. The Morgan fingerprint density at radius 1 is 0.200 bits per heavy atom. The molecular formula is C108H78N12. The Labute approximate surface area is 693 Å². The number of nitrogens with zero attached hydrogens (tertiary/aromatic N) is 12. The second-order valence-electron chi connectivity index (χ2n) is 33.2. The number of rotatable bonds is 13. The third kappa shape index (κ3) is 12.1. The molecule has 0 aliphatic heterocycles. The molecule has 0 spiro atoms. The van der Waals surface area contributed by atoms with Gasteiger partial charge in [0.1, 0.15) is 0 Å². The third-order valence-corrected chi connectivity index (χ3v) is 23.8. The molecule has 8 heterocycles. The van der Waals surface area contributed by atoms with E-state index >= 15 is 0 Å². The lowest BCUT2D eigenvalue weighted by atomic mass is 9.85. The third-order valence-electron chi connectivity index (χ3n) is 23.8. The summed E-state index contributed by atoms with van der Waals surface area (Å²) in [5, 5.41) is 9.07. The molecule has 22 rings (SSSR count). The van der Waals surface area contributed by atoms with E-state index in [0.717, 1.165) is 155 Å². The van der Waals surface area contributed by atoms with Crippen LogP contribution < -0.4 is 0 Å². The highest BCUT2D eigenvalue weighted by atomic mass is 15.1. The van der Waals surface area contributed by atoms with E-state index in [1.165, 1.54) is 32.7 Å². The Bertz CT molecular complexity index is 7590. The van der Waals surface area contributed by atoms with Gasteiger partial charge < -0.3 is 18.3 Å². The van der Waals surface area contributed by atoms with E-state index in [1.807, 2.05) is 110 Å². The Morgan fingerprint density at radius 2 is 0.550 bits per heavy atom. The average Bonchev–Trinajstić information content (AvgIpc) is 1.55. The van der Waals surface area contributed by atoms with Crippen molar-refractivity contribution in [3.8, 4) is 124 Å². The van der Waals surface area contributed by atoms with Gasteiger partial charge in [-0.2, -0.15) is 0 Å². The van der Waals surface area contributed by atoms with Crippen molar-refractivity contribution >= 4 is 87.2 Å². The summed E-state index contributed by atoms with van der Waals surface area (Å²) in [6.07, 6.45) is 7.60. The van der Waals surface area contributed by atoms with E-state index in [4.69, 9.17) is 34.9 Å². The zero-order valence-corrected chi connectivity index (χ0v) is 67.0. The summed E-state index contributed by atoms with van der Waals surface area (Å²) in [5.74, 6) is 3.33. The molecule has 0 bridgehead atoms. The van der Waals surface area contributed by atoms with Gasteiger partial charge in [-0.05, 0) is 153 Å². The molecule has 0 saturated heterocycles. The molecule has 0 aliphatic rings. The number of aromatic nitrogens is 12. The van der Waals surface area contributed by atoms with Gasteiger partial charge in [0.2, 0.25) is 0 Å². The zero-order valence-electron chi connectivity index (χ0n) is 67.0. The second-order valence-corrected chi connectivity index (χ2v) is 33.2. The maximum atomic E-state index is 5.61. The Morgan fingerprint density at radius 3 is 1.00 bits per heavy atom. The molecule has 0 amide bonds. The number of para-hydroxylation sites is 3. The Balaban J connectivity index is 0.822. The SMILES string of the molecule is CC(C)(C)c1ccc2c(c1)c1cc(C(C)(C)C)ccc1n2-c1cc(-c2cccnc2)c(-c2ccc3c4ccccc4n(-c4ccc5c6ccc(-n7c8ccccc8c8ccccc87)cc6n(-c6cc(-c7cccnc7)ccc6-c6nc(-c7ccccc7)nc(-c7ccccc7)n6)c5c4)c3c2)cc1-c1nc(-c2ccccc2)nc(-c2ccccc2)n1. The molecule has 12 nitrogen and oxygen atoms in total.